The molecule has 1 fully saturated rings. The van der Waals surface area contributed by atoms with E-state index in [1.54, 1.807) is 7.11 Å². The minimum atomic E-state index is -2.10. The van der Waals surface area contributed by atoms with Crippen LogP contribution in [-0.4, -0.2) is 84.2 Å². The SMILES string of the molecule is CCCCCC1N(CC(=O)N(CCCC)CCCCN)CC(c2ccc3c(c2)CCO3)S1(C)C(=O)O.COc1ccccc1C. The summed E-state index contributed by atoms with van der Waals surface area (Å²) in [6.45, 7) is 10.0. The number of unbranched alkanes of at least 4 members (excludes halogenated alkanes) is 4. The van der Waals surface area contributed by atoms with Crippen LogP contribution in [0.4, 0.5) is 4.79 Å². The highest BCUT2D eigenvalue weighted by Gasteiger charge is 2.52. The molecule has 3 unspecified atom stereocenters. The van der Waals surface area contributed by atoms with Gasteiger partial charge in [0, 0.05) is 31.3 Å². The number of hydrogen-bond acceptors (Lipinski definition) is 6. The smallest absolute Gasteiger partial charge is 0.348 e. The second kappa shape index (κ2) is 18.4. The van der Waals surface area contributed by atoms with Gasteiger partial charge in [0.05, 0.1) is 25.6 Å². The Balaban J connectivity index is 0.000000525. The molecule has 4 rings (SSSR count). The number of carboxylic acid groups (broad SMARTS) is 1. The van der Waals surface area contributed by atoms with Crippen molar-refractivity contribution in [1.29, 1.82) is 0 Å². The van der Waals surface area contributed by atoms with Crippen molar-refractivity contribution in [2.24, 2.45) is 5.73 Å². The van der Waals surface area contributed by atoms with E-state index in [0.717, 1.165) is 87.9 Å². The lowest BCUT2D eigenvalue weighted by atomic mass is 10.1. The topological polar surface area (TPSA) is 105 Å². The molecular weight excluding hydrogens is 586 g/mol. The van der Waals surface area contributed by atoms with Crippen LogP contribution in [0.2, 0.25) is 0 Å². The maximum Gasteiger partial charge on any atom is 0.348 e. The molecule has 1 saturated heterocycles. The first-order valence-electron chi connectivity index (χ1n) is 16.8. The number of nitrogens with two attached hydrogens (primary N) is 1. The van der Waals surface area contributed by atoms with E-state index in [4.69, 9.17) is 15.2 Å². The molecule has 0 aromatic heterocycles. The zero-order valence-electron chi connectivity index (χ0n) is 28.3. The van der Waals surface area contributed by atoms with Crippen LogP contribution < -0.4 is 15.2 Å². The Kier molecular flexibility index (Phi) is 15.0. The van der Waals surface area contributed by atoms with Crippen LogP contribution in [0.25, 0.3) is 0 Å². The van der Waals surface area contributed by atoms with Crippen LogP contribution in [0.1, 0.15) is 87.2 Å². The van der Waals surface area contributed by atoms with Gasteiger partial charge in [-0.05, 0) is 74.2 Å². The number of rotatable bonds is 15. The number of para-hydroxylation sites is 1. The summed E-state index contributed by atoms with van der Waals surface area (Å²) < 4.78 is 10.7. The average molecular weight is 644 g/mol. The molecule has 9 heteroatoms. The third-order valence-electron chi connectivity index (χ3n) is 9.15. The summed E-state index contributed by atoms with van der Waals surface area (Å²) >= 11 is 0. The summed E-state index contributed by atoms with van der Waals surface area (Å²) in [5.41, 5.74) is 9.12. The summed E-state index contributed by atoms with van der Waals surface area (Å²) in [6.07, 6.45) is 10.7. The molecule has 3 atom stereocenters. The quantitative estimate of drug-likeness (QED) is 0.195. The predicted octanol–water partition coefficient (Wildman–Crippen LogP) is 7.37. The average Bonchev–Trinajstić information content (AvgIpc) is 3.62. The molecule has 2 heterocycles. The minimum Gasteiger partial charge on any atom is -0.496 e. The monoisotopic (exact) mass is 643 g/mol. The summed E-state index contributed by atoms with van der Waals surface area (Å²) in [7, 11) is -0.414. The molecule has 2 aromatic rings. The van der Waals surface area contributed by atoms with Crippen molar-refractivity contribution < 1.29 is 24.2 Å². The number of ether oxygens (including phenoxy) is 2. The van der Waals surface area contributed by atoms with Gasteiger partial charge < -0.3 is 25.2 Å². The van der Waals surface area contributed by atoms with Gasteiger partial charge in [-0.15, -0.1) is 10.0 Å². The Morgan fingerprint density at radius 1 is 1.07 bits per heavy atom. The normalized spacial score (nSPS) is 22.0. The zero-order valence-corrected chi connectivity index (χ0v) is 29.1. The van der Waals surface area contributed by atoms with Crippen molar-refractivity contribution in [3.63, 3.8) is 0 Å². The number of aryl methyl sites for hydroxylation is 1. The van der Waals surface area contributed by atoms with Gasteiger partial charge in [-0.3, -0.25) is 9.69 Å². The number of carbonyl (C=O) groups excluding carboxylic acids is 1. The van der Waals surface area contributed by atoms with Crippen molar-refractivity contribution in [3.05, 3.63) is 59.2 Å². The Morgan fingerprint density at radius 3 is 2.44 bits per heavy atom. The largest absolute Gasteiger partial charge is 0.496 e. The maximum absolute atomic E-state index is 13.6. The lowest BCUT2D eigenvalue weighted by molar-refractivity contribution is -0.132. The standard InChI is InChI=1S/C28H47N3O4S.C8H10O/c1-4-6-8-11-27-31(21-26(32)30(16-7-5-2)17-10-9-15-29)20-25(36(27,3)28(33)34)23-12-13-24-22(19-23)14-18-35-24;1-7-5-3-4-6-8(7)9-2/h12-13,19,25,27H,4-11,14-18,20-21,29H2,1-3H3,(H,33,34);3-6H,1-2H3. The fraction of sp³-hybridized carbons (Fsp3) is 0.611. The highest BCUT2D eigenvalue weighted by atomic mass is 32.3. The molecule has 2 aliphatic heterocycles. The zero-order chi connectivity index (χ0) is 32.8. The fourth-order valence-corrected chi connectivity index (χ4v) is 9.90. The van der Waals surface area contributed by atoms with E-state index in [1.165, 1.54) is 11.1 Å². The molecule has 0 saturated carbocycles. The van der Waals surface area contributed by atoms with Gasteiger partial charge in [0.1, 0.15) is 11.5 Å². The lowest BCUT2D eigenvalue weighted by Gasteiger charge is -2.39. The molecule has 0 aliphatic carbocycles. The predicted molar refractivity (Wildman–Crippen MR) is 187 cm³/mol. The first kappa shape index (κ1) is 36.7. The maximum atomic E-state index is 13.6. The first-order chi connectivity index (χ1) is 21.7. The Labute approximate surface area is 273 Å². The Hall–Kier alpha value is -2.75. The minimum absolute atomic E-state index is 0.0957. The fourth-order valence-electron chi connectivity index (χ4n) is 6.40. The van der Waals surface area contributed by atoms with Gasteiger partial charge in [-0.2, -0.15) is 0 Å². The van der Waals surface area contributed by atoms with Gasteiger partial charge >= 0.3 is 5.30 Å². The number of amides is 1. The van der Waals surface area contributed by atoms with E-state index in [-0.39, 0.29) is 16.5 Å². The van der Waals surface area contributed by atoms with Crippen LogP contribution in [0.5, 0.6) is 11.5 Å². The molecule has 1 amide bonds. The van der Waals surface area contributed by atoms with Gasteiger partial charge in [0.2, 0.25) is 5.91 Å². The van der Waals surface area contributed by atoms with Gasteiger partial charge in [-0.1, -0.05) is 69.9 Å². The van der Waals surface area contributed by atoms with Gasteiger partial charge in [0.25, 0.3) is 0 Å². The number of fused-ring (bicyclic) bond motifs is 1. The van der Waals surface area contributed by atoms with E-state index in [0.29, 0.717) is 26.2 Å². The van der Waals surface area contributed by atoms with Crippen molar-refractivity contribution >= 4 is 21.2 Å². The summed E-state index contributed by atoms with van der Waals surface area (Å²) in [6, 6.07) is 14.2. The van der Waals surface area contributed by atoms with E-state index < -0.39 is 15.3 Å². The highest BCUT2D eigenvalue weighted by Crippen LogP contribution is 2.68. The number of carbonyl (C=O) groups is 2. The van der Waals surface area contributed by atoms with Crippen LogP contribution in [0.15, 0.2) is 42.5 Å². The molecular formula is C36H57N3O5S. The van der Waals surface area contributed by atoms with E-state index in [1.807, 2.05) is 48.4 Å². The van der Waals surface area contributed by atoms with Crippen molar-refractivity contribution in [3.8, 4) is 11.5 Å². The second-order valence-corrected chi connectivity index (χ2v) is 15.9. The van der Waals surface area contributed by atoms with E-state index in [9.17, 15) is 14.7 Å². The Morgan fingerprint density at radius 2 is 1.80 bits per heavy atom. The lowest BCUT2D eigenvalue weighted by Crippen LogP contribution is -2.44. The molecule has 3 N–H and O–H groups in total. The second-order valence-electron chi connectivity index (χ2n) is 12.3. The highest BCUT2D eigenvalue weighted by molar-refractivity contribution is 8.45. The molecule has 0 bridgehead atoms. The van der Waals surface area contributed by atoms with Crippen LogP contribution in [-0.2, 0) is 11.2 Å². The summed E-state index contributed by atoms with van der Waals surface area (Å²) in [5, 5.41) is 9.74. The molecule has 0 radical (unpaired) electrons. The van der Waals surface area contributed by atoms with E-state index >= 15 is 0 Å². The van der Waals surface area contributed by atoms with Crippen molar-refractivity contribution in [2.45, 2.75) is 89.2 Å². The van der Waals surface area contributed by atoms with Crippen LogP contribution in [0, 0.1) is 6.92 Å². The number of methoxy groups -OCH3 is 1. The third-order valence-corrected chi connectivity index (χ3v) is 13.2. The van der Waals surface area contributed by atoms with Crippen LogP contribution >= 0.6 is 10.0 Å². The molecule has 2 aliphatic rings. The molecule has 2 aromatic carbocycles. The number of benzene rings is 2. The summed E-state index contributed by atoms with van der Waals surface area (Å²) in [5.74, 6) is 1.99. The molecule has 252 valence electrons. The number of nitrogens with zero attached hydrogens (tertiary/aromatic N) is 2. The van der Waals surface area contributed by atoms with Crippen LogP contribution in [0.3, 0.4) is 0 Å². The summed E-state index contributed by atoms with van der Waals surface area (Å²) in [4.78, 5) is 30.7. The van der Waals surface area contributed by atoms with Gasteiger partial charge in [-0.25, -0.2) is 4.79 Å². The first-order valence-corrected chi connectivity index (χ1v) is 18.9. The third kappa shape index (κ3) is 9.63. The van der Waals surface area contributed by atoms with Crippen molar-refractivity contribution in [1.82, 2.24) is 9.80 Å². The van der Waals surface area contributed by atoms with Gasteiger partial charge in [0.15, 0.2) is 0 Å². The van der Waals surface area contributed by atoms with E-state index in [2.05, 4.69) is 30.9 Å². The molecule has 8 nitrogen and oxygen atoms in total. The molecule has 0 spiro atoms. The molecule has 45 heavy (non-hydrogen) atoms. The number of hydrogen-bond donors (Lipinski definition) is 2. The van der Waals surface area contributed by atoms with Crippen molar-refractivity contribution in [2.75, 3.05) is 52.7 Å². The Bertz CT molecular complexity index is 1230.